The zero-order valence-corrected chi connectivity index (χ0v) is 13.9. The van der Waals surface area contributed by atoms with Gasteiger partial charge in [0.05, 0.1) is 24.3 Å². The maximum absolute atomic E-state index is 13.7. The lowest BCUT2D eigenvalue weighted by Gasteiger charge is -2.17. The first-order valence-corrected chi connectivity index (χ1v) is 8.58. The molecule has 2 aromatic heterocycles. The third-order valence-corrected chi connectivity index (χ3v) is 4.94. The molecule has 1 aromatic carbocycles. The number of hydrogen-bond donors (Lipinski definition) is 1. The number of nitrogens with zero attached hydrogens (tertiary/aromatic N) is 2. The van der Waals surface area contributed by atoms with Crippen LogP contribution in [0.1, 0.15) is 12.0 Å². The summed E-state index contributed by atoms with van der Waals surface area (Å²) in [5, 5.41) is 6.28. The molecular weight excluding hydrogens is 329 g/mol. The summed E-state index contributed by atoms with van der Waals surface area (Å²) in [6.07, 6.45) is 2.27. The van der Waals surface area contributed by atoms with Crippen LogP contribution in [0.3, 0.4) is 0 Å². The minimum atomic E-state index is -0.339. The van der Waals surface area contributed by atoms with Crippen molar-refractivity contribution < 1.29 is 13.9 Å². The fourth-order valence-corrected chi connectivity index (χ4v) is 3.61. The molecule has 4 rings (SSSR count). The Kier molecular flexibility index (Phi) is 4.03. The lowest BCUT2D eigenvalue weighted by Crippen LogP contribution is -2.16. The van der Waals surface area contributed by atoms with E-state index in [0.29, 0.717) is 30.5 Å². The molecule has 0 saturated carbocycles. The van der Waals surface area contributed by atoms with Gasteiger partial charge in [-0.25, -0.2) is 14.4 Å². The normalized spacial score (nSPS) is 17.3. The zero-order valence-electron chi connectivity index (χ0n) is 13.1. The van der Waals surface area contributed by atoms with E-state index in [1.165, 1.54) is 18.5 Å². The Morgan fingerprint density at radius 2 is 2.29 bits per heavy atom. The monoisotopic (exact) mass is 345 g/mol. The summed E-state index contributed by atoms with van der Waals surface area (Å²) in [5.41, 5.74) is 1.78. The van der Waals surface area contributed by atoms with Gasteiger partial charge >= 0.3 is 0 Å². The standard InChI is InChI=1S/C17H16FN3O2S/c1-10-8-24-17-15(10)16(19-9-20-17)21-13-3-2-11(18)6-14(13)23-12-4-5-22-7-12/h2-3,6,8-9,12H,4-5,7H2,1H3,(H,19,20,21)/t12-/m0/s1. The maximum atomic E-state index is 13.7. The van der Waals surface area contributed by atoms with Crippen LogP contribution in [0.4, 0.5) is 15.9 Å². The van der Waals surface area contributed by atoms with Crippen LogP contribution in [0.25, 0.3) is 10.2 Å². The summed E-state index contributed by atoms with van der Waals surface area (Å²) in [4.78, 5) is 9.54. The van der Waals surface area contributed by atoms with E-state index in [2.05, 4.69) is 15.3 Å². The Balaban J connectivity index is 1.69. The topological polar surface area (TPSA) is 56.3 Å². The first kappa shape index (κ1) is 15.3. The highest BCUT2D eigenvalue weighted by atomic mass is 32.1. The van der Waals surface area contributed by atoms with Gasteiger partial charge in [-0.3, -0.25) is 0 Å². The van der Waals surface area contributed by atoms with E-state index in [-0.39, 0.29) is 11.9 Å². The van der Waals surface area contributed by atoms with Crippen molar-refractivity contribution in [2.24, 2.45) is 0 Å². The molecule has 124 valence electrons. The highest BCUT2D eigenvalue weighted by molar-refractivity contribution is 7.17. The average molecular weight is 345 g/mol. The summed E-state index contributed by atoms with van der Waals surface area (Å²) in [5.74, 6) is 0.817. The molecule has 0 bridgehead atoms. The largest absolute Gasteiger partial charge is 0.486 e. The molecule has 5 nitrogen and oxygen atoms in total. The number of halogens is 1. The number of fused-ring (bicyclic) bond motifs is 1. The first-order chi connectivity index (χ1) is 11.7. The van der Waals surface area contributed by atoms with Gasteiger partial charge in [-0.1, -0.05) is 0 Å². The quantitative estimate of drug-likeness (QED) is 0.773. The molecule has 3 heterocycles. The van der Waals surface area contributed by atoms with Crippen molar-refractivity contribution in [1.29, 1.82) is 0 Å². The predicted octanol–water partition coefficient (Wildman–Crippen LogP) is 4.05. The van der Waals surface area contributed by atoms with Crippen LogP contribution in [-0.2, 0) is 4.74 Å². The van der Waals surface area contributed by atoms with E-state index in [1.54, 1.807) is 17.4 Å². The second-order valence-electron chi connectivity index (χ2n) is 5.69. The van der Waals surface area contributed by atoms with Gasteiger partial charge in [-0.15, -0.1) is 11.3 Å². The second kappa shape index (κ2) is 6.33. The summed E-state index contributed by atoms with van der Waals surface area (Å²) < 4.78 is 24.9. The summed E-state index contributed by atoms with van der Waals surface area (Å²) in [6, 6.07) is 4.45. The van der Waals surface area contributed by atoms with Gasteiger partial charge in [0.1, 0.15) is 34.6 Å². The molecule has 1 saturated heterocycles. The van der Waals surface area contributed by atoms with Gasteiger partial charge in [0, 0.05) is 12.5 Å². The SMILES string of the molecule is Cc1csc2ncnc(Nc3ccc(F)cc3O[C@H]3CCOC3)c12. The molecule has 1 atom stereocenters. The highest BCUT2D eigenvalue weighted by Crippen LogP contribution is 2.34. The van der Waals surface area contributed by atoms with Gasteiger partial charge in [-0.2, -0.15) is 0 Å². The average Bonchev–Trinajstić information content (AvgIpc) is 3.21. The van der Waals surface area contributed by atoms with E-state index >= 15 is 0 Å². The Morgan fingerprint density at radius 3 is 3.12 bits per heavy atom. The molecular formula is C17H16FN3O2S. The van der Waals surface area contributed by atoms with E-state index in [0.717, 1.165) is 22.2 Å². The van der Waals surface area contributed by atoms with Crippen LogP contribution in [0.15, 0.2) is 29.9 Å². The summed E-state index contributed by atoms with van der Waals surface area (Å²) >= 11 is 1.57. The zero-order chi connectivity index (χ0) is 16.5. The fraction of sp³-hybridized carbons (Fsp3) is 0.294. The van der Waals surface area contributed by atoms with Crippen LogP contribution in [0.5, 0.6) is 5.75 Å². The van der Waals surface area contributed by atoms with Crippen molar-refractivity contribution in [3.05, 3.63) is 41.3 Å². The molecule has 0 radical (unpaired) electrons. The highest BCUT2D eigenvalue weighted by Gasteiger charge is 2.20. The lowest BCUT2D eigenvalue weighted by molar-refractivity contribution is 0.141. The number of aromatic nitrogens is 2. The Morgan fingerprint density at radius 1 is 1.38 bits per heavy atom. The van der Waals surface area contributed by atoms with Crippen molar-refractivity contribution >= 4 is 33.1 Å². The van der Waals surface area contributed by atoms with Crippen molar-refractivity contribution in [2.75, 3.05) is 18.5 Å². The smallest absolute Gasteiger partial charge is 0.146 e. The molecule has 1 N–H and O–H groups in total. The number of aryl methyl sites for hydroxylation is 1. The van der Waals surface area contributed by atoms with Crippen LogP contribution < -0.4 is 10.1 Å². The lowest BCUT2D eigenvalue weighted by atomic mass is 10.2. The van der Waals surface area contributed by atoms with Crippen LogP contribution in [0.2, 0.25) is 0 Å². The van der Waals surface area contributed by atoms with Gasteiger partial charge in [0.15, 0.2) is 0 Å². The van der Waals surface area contributed by atoms with E-state index < -0.39 is 0 Å². The second-order valence-corrected chi connectivity index (χ2v) is 6.55. The third-order valence-electron chi connectivity index (χ3n) is 3.93. The fourth-order valence-electron chi connectivity index (χ4n) is 2.72. The Bertz CT molecular complexity index is 877. The number of anilines is 2. The van der Waals surface area contributed by atoms with E-state index in [4.69, 9.17) is 9.47 Å². The van der Waals surface area contributed by atoms with Crippen LogP contribution in [-0.4, -0.2) is 29.3 Å². The van der Waals surface area contributed by atoms with Gasteiger partial charge in [-0.05, 0) is 30.0 Å². The Labute approximate surface area is 142 Å². The van der Waals surface area contributed by atoms with Gasteiger partial charge < -0.3 is 14.8 Å². The van der Waals surface area contributed by atoms with Crippen molar-refractivity contribution in [3.63, 3.8) is 0 Å². The van der Waals surface area contributed by atoms with Crippen molar-refractivity contribution in [2.45, 2.75) is 19.4 Å². The number of ether oxygens (including phenoxy) is 2. The number of nitrogens with one attached hydrogen (secondary N) is 1. The molecule has 24 heavy (non-hydrogen) atoms. The number of rotatable bonds is 4. The minimum absolute atomic E-state index is 0.0550. The predicted molar refractivity (Wildman–Crippen MR) is 91.7 cm³/mol. The molecule has 3 aromatic rings. The van der Waals surface area contributed by atoms with E-state index in [1.807, 2.05) is 12.3 Å². The third kappa shape index (κ3) is 2.92. The number of benzene rings is 1. The first-order valence-electron chi connectivity index (χ1n) is 7.70. The number of hydrogen-bond acceptors (Lipinski definition) is 6. The molecule has 1 aliphatic rings. The maximum Gasteiger partial charge on any atom is 0.146 e. The van der Waals surface area contributed by atoms with Crippen LogP contribution >= 0.6 is 11.3 Å². The molecule has 0 amide bonds. The molecule has 7 heteroatoms. The van der Waals surface area contributed by atoms with Crippen molar-refractivity contribution in [3.8, 4) is 5.75 Å². The molecule has 1 fully saturated rings. The molecule has 1 aliphatic heterocycles. The molecule has 0 aliphatic carbocycles. The summed E-state index contributed by atoms with van der Waals surface area (Å²) in [6.45, 7) is 3.21. The van der Waals surface area contributed by atoms with Gasteiger partial charge in [0.2, 0.25) is 0 Å². The van der Waals surface area contributed by atoms with Crippen molar-refractivity contribution in [1.82, 2.24) is 9.97 Å². The van der Waals surface area contributed by atoms with Crippen LogP contribution in [0, 0.1) is 12.7 Å². The number of thiophene rings is 1. The molecule has 0 unspecified atom stereocenters. The Hall–Kier alpha value is -2.25. The van der Waals surface area contributed by atoms with E-state index in [9.17, 15) is 4.39 Å². The van der Waals surface area contributed by atoms with Gasteiger partial charge in [0.25, 0.3) is 0 Å². The minimum Gasteiger partial charge on any atom is -0.486 e. The molecule has 0 spiro atoms. The summed E-state index contributed by atoms with van der Waals surface area (Å²) in [7, 11) is 0.